The molecule has 2 aliphatic rings. The topological polar surface area (TPSA) is 97.4 Å². The number of ether oxygens (including phenoxy) is 1. The van der Waals surface area contributed by atoms with Gasteiger partial charge in [0.15, 0.2) is 5.60 Å². The first-order valence-corrected chi connectivity index (χ1v) is 7.50. The van der Waals surface area contributed by atoms with Crippen molar-refractivity contribution in [3.63, 3.8) is 0 Å². The zero-order valence-electron chi connectivity index (χ0n) is 13.3. The summed E-state index contributed by atoms with van der Waals surface area (Å²) in [5, 5.41) is 0. The summed E-state index contributed by atoms with van der Waals surface area (Å²) in [6.07, 6.45) is 2.51. The van der Waals surface area contributed by atoms with Gasteiger partial charge in [-0.1, -0.05) is 19.9 Å². The van der Waals surface area contributed by atoms with Gasteiger partial charge < -0.3 is 4.74 Å². The molecule has 2 bridgehead atoms. The number of nitrogens with zero attached hydrogens (tertiary/aromatic N) is 1. The number of esters is 1. The van der Waals surface area contributed by atoms with Crippen LogP contribution in [0.3, 0.4) is 0 Å². The van der Waals surface area contributed by atoms with Crippen molar-refractivity contribution in [3.8, 4) is 0 Å². The van der Waals surface area contributed by atoms with Crippen LogP contribution in [0, 0.1) is 10.8 Å². The van der Waals surface area contributed by atoms with Crippen molar-refractivity contribution < 1.29 is 19.1 Å². The quantitative estimate of drug-likeness (QED) is 0.625. The molecule has 1 aliphatic heterocycles. The third-order valence-corrected chi connectivity index (χ3v) is 5.64. The molecule has 23 heavy (non-hydrogen) atoms. The van der Waals surface area contributed by atoms with E-state index in [4.69, 9.17) is 4.74 Å². The van der Waals surface area contributed by atoms with E-state index < -0.39 is 28.2 Å². The molecule has 1 saturated carbocycles. The third kappa shape index (κ3) is 1.89. The minimum absolute atomic E-state index is 0.184. The molecule has 2 N–H and O–H groups in total. The number of hydrogen-bond donors (Lipinski definition) is 2. The van der Waals surface area contributed by atoms with Crippen LogP contribution < -0.4 is 10.9 Å². The van der Waals surface area contributed by atoms with E-state index in [-0.39, 0.29) is 11.7 Å². The Morgan fingerprint density at radius 2 is 1.91 bits per heavy atom. The monoisotopic (exact) mass is 317 g/mol. The Labute approximate surface area is 133 Å². The lowest BCUT2D eigenvalue weighted by Gasteiger charge is -2.35. The van der Waals surface area contributed by atoms with Crippen molar-refractivity contribution in [2.45, 2.75) is 39.2 Å². The van der Waals surface area contributed by atoms with Crippen LogP contribution in [0.25, 0.3) is 0 Å². The number of fused-ring (bicyclic) bond motifs is 2. The van der Waals surface area contributed by atoms with Gasteiger partial charge in [-0.15, -0.1) is 0 Å². The maximum Gasteiger partial charge on any atom is 0.313 e. The van der Waals surface area contributed by atoms with E-state index in [1.165, 1.54) is 12.3 Å². The van der Waals surface area contributed by atoms with E-state index in [1.54, 1.807) is 12.1 Å². The molecule has 1 aromatic heterocycles. The fourth-order valence-corrected chi connectivity index (χ4v) is 3.52. The van der Waals surface area contributed by atoms with Gasteiger partial charge in [0.2, 0.25) is 0 Å². The molecule has 0 unspecified atom stereocenters. The summed E-state index contributed by atoms with van der Waals surface area (Å²) in [5.41, 5.74) is 2.29. The Balaban J connectivity index is 1.74. The van der Waals surface area contributed by atoms with E-state index in [2.05, 4.69) is 15.8 Å². The van der Waals surface area contributed by atoms with Gasteiger partial charge >= 0.3 is 5.97 Å². The zero-order chi connectivity index (χ0) is 16.9. The van der Waals surface area contributed by atoms with Crippen LogP contribution in [-0.4, -0.2) is 28.4 Å². The predicted octanol–water partition coefficient (Wildman–Crippen LogP) is 0.964. The van der Waals surface area contributed by atoms with Crippen LogP contribution in [0.4, 0.5) is 0 Å². The lowest BCUT2D eigenvalue weighted by molar-refractivity contribution is -0.168. The first-order chi connectivity index (χ1) is 10.7. The highest BCUT2D eigenvalue weighted by atomic mass is 16.6. The summed E-state index contributed by atoms with van der Waals surface area (Å²) < 4.78 is 5.45. The maximum absolute atomic E-state index is 12.6. The predicted molar refractivity (Wildman–Crippen MR) is 79.8 cm³/mol. The van der Waals surface area contributed by atoms with Crippen molar-refractivity contribution in [1.82, 2.24) is 15.8 Å². The second-order valence-corrected chi connectivity index (χ2v) is 6.80. The molecule has 3 rings (SSSR count). The molecule has 2 amide bonds. The second-order valence-electron chi connectivity index (χ2n) is 6.80. The number of carbonyl (C=O) groups is 3. The Morgan fingerprint density at radius 3 is 2.43 bits per heavy atom. The first-order valence-electron chi connectivity index (χ1n) is 7.50. The molecule has 1 aliphatic carbocycles. The van der Waals surface area contributed by atoms with Crippen molar-refractivity contribution in [1.29, 1.82) is 0 Å². The number of aromatic nitrogens is 1. The second kappa shape index (κ2) is 4.78. The SMILES string of the molecule is CC1(C)[C@@]2(C)CC[C@]1(C(=O)NNC(=O)c1ccccn1)OC2=O. The highest BCUT2D eigenvalue weighted by Crippen LogP contribution is 2.65. The summed E-state index contributed by atoms with van der Waals surface area (Å²) in [6.45, 7) is 5.53. The number of pyridine rings is 1. The highest BCUT2D eigenvalue weighted by molar-refractivity contribution is 5.98. The lowest BCUT2D eigenvalue weighted by atomic mass is 9.66. The van der Waals surface area contributed by atoms with E-state index in [0.717, 1.165) is 0 Å². The van der Waals surface area contributed by atoms with Crippen LogP contribution >= 0.6 is 0 Å². The molecular formula is C16H19N3O4. The van der Waals surface area contributed by atoms with Gasteiger partial charge in [0.1, 0.15) is 5.69 Å². The molecule has 2 heterocycles. The van der Waals surface area contributed by atoms with Gasteiger partial charge in [-0.05, 0) is 31.9 Å². The molecule has 7 heteroatoms. The van der Waals surface area contributed by atoms with Gasteiger partial charge in [-0.3, -0.25) is 30.2 Å². The van der Waals surface area contributed by atoms with Gasteiger partial charge in [0, 0.05) is 11.6 Å². The fourth-order valence-electron chi connectivity index (χ4n) is 3.52. The van der Waals surface area contributed by atoms with E-state index >= 15 is 0 Å². The average Bonchev–Trinajstić information content (AvgIpc) is 2.83. The fraction of sp³-hybridized carbons (Fsp3) is 0.500. The molecule has 2 atom stereocenters. The van der Waals surface area contributed by atoms with Crippen molar-refractivity contribution in [2.75, 3.05) is 0 Å². The molecule has 0 spiro atoms. The molecule has 1 saturated heterocycles. The van der Waals surface area contributed by atoms with Crippen LogP contribution in [0.1, 0.15) is 44.1 Å². The minimum Gasteiger partial charge on any atom is -0.448 e. The Morgan fingerprint density at radius 1 is 1.17 bits per heavy atom. The minimum atomic E-state index is -1.25. The third-order valence-electron chi connectivity index (χ3n) is 5.64. The molecule has 2 fully saturated rings. The Hall–Kier alpha value is -2.44. The molecule has 7 nitrogen and oxygen atoms in total. The van der Waals surface area contributed by atoms with Crippen molar-refractivity contribution in [2.24, 2.45) is 10.8 Å². The number of nitrogens with one attached hydrogen (secondary N) is 2. The zero-order valence-corrected chi connectivity index (χ0v) is 13.3. The van der Waals surface area contributed by atoms with Crippen molar-refractivity contribution >= 4 is 17.8 Å². The van der Waals surface area contributed by atoms with Crippen LogP contribution in [0.2, 0.25) is 0 Å². The summed E-state index contributed by atoms with van der Waals surface area (Å²) in [6, 6.07) is 4.90. The number of amides is 2. The molecule has 1 aromatic rings. The van der Waals surface area contributed by atoms with Gasteiger partial charge in [-0.25, -0.2) is 0 Å². The summed E-state index contributed by atoms with van der Waals surface area (Å²) in [4.78, 5) is 40.6. The number of rotatable bonds is 2. The molecule has 122 valence electrons. The Kier molecular flexibility index (Phi) is 3.21. The average molecular weight is 317 g/mol. The van der Waals surface area contributed by atoms with Crippen LogP contribution in [0.15, 0.2) is 24.4 Å². The highest BCUT2D eigenvalue weighted by Gasteiger charge is 2.75. The maximum atomic E-state index is 12.6. The smallest absolute Gasteiger partial charge is 0.313 e. The van der Waals surface area contributed by atoms with Gasteiger partial charge in [0.05, 0.1) is 5.41 Å². The van der Waals surface area contributed by atoms with Crippen LogP contribution in [0.5, 0.6) is 0 Å². The molecule has 0 radical (unpaired) electrons. The van der Waals surface area contributed by atoms with Gasteiger partial charge in [-0.2, -0.15) is 0 Å². The summed E-state index contributed by atoms with van der Waals surface area (Å²) in [7, 11) is 0. The van der Waals surface area contributed by atoms with Crippen LogP contribution in [-0.2, 0) is 14.3 Å². The normalized spacial score (nSPS) is 30.7. The van der Waals surface area contributed by atoms with E-state index in [1.807, 2.05) is 20.8 Å². The van der Waals surface area contributed by atoms with E-state index in [0.29, 0.717) is 12.8 Å². The van der Waals surface area contributed by atoms with E-state index in [9.17, 15) is 14.4 Å². The number of carbonyl (C=O) groups excluding carboxylic acids is 3. The number of hydrazine groups is 1. The van der Waals surface area contributed by atoms with Gasteiger partial charge in [0.25, 0.3) is 11.8 Å². The van der Waals surface area contributed by atoms with Crippen molar-refractivity contribution in [3.05, 3.63) is 30.1 Å². The first kappa shape index (κ1) is 15.5. The largest absolute Gasteiger partial charge is 0.448 e. The molecular weight excluding hydrogens is 298 g/mol. The summed E-state index contributed by atoms with van der Waals surface area (Å²) >= 11 is 0. The number of hydrogen-bond acceptors (Lipinski definition) is 5. The Bertz CT molecular complexity index is 688. The molecule has 0 aromatic carbocycles. The standard InChI is InChI=1S/C16H19N3O4/c1-14(2)15(3)7-8-16(14,23-13(15)22)12(21)19-18-11(20)10-6-4-5-9-17-10/h4-6,9H,7-8H2,1-3H3,(H,18,20)(H,19,21)/t15-,16+/m0/s1. The lowest BCUT2D eigenvalue weighted by Crippen LogP contribution is -2.57. The summed E-state index contributed by atoms with van der Waals surface area (Å²) in [5.74, 6) is -1.40.